The molecule has 1 aromatic carbocycles. The van der Waals surface area contributed by atoms with E-state index >= 15 is 0 Å². The van der Waals surface area contributed by atoms with E-state index < -0.39 is 0 Å². The van der Waals surface area contributed by atoms with Crippen molar-refractivity contribution in [3.8, 4) is 5.75 Å². The molecule has 0 bridgehead atoms. The fourth-order valence-corrected chi connectivity index (χ4v) is 3.09. The first-order valence-electron chi connectivity index (χ1n) is 8.72. The number of hydrogen-bond acceptors (Lipinski definition) is 5. The molecule has 2 aromatic rings. The monoisotopic (exact) mass is 340 g/mol. The molecule has 6 heteroatoms. The number of aryl methyl sites for hydroxylation is 1. The summed E-state index contributed by atoms with van der Waals surface area (Å²) in [5, 5.41) is 14.4. The largest absolute Gasteiger partial charge is 0.495 e. The minimum atomic E-state index is -0.305. The van der Waals surface area contributed by atoms with Gasteiger partial charge >= 0.3 is 0 Å². The van der Waals surface area contributed by atoms with Gasteiger partial charge in [0.2, 0.25) is 0 Å². The third-order valence-electron chi connectivity index (χ3n) is 4.46. The maximum absolute atomic E-state index is 12.4. The standard InChI is InChI=1S/C19H24N4O2/c1-13-8-10-17(25-2)16(12-13)21-19(24)15-9-11-18(23-22-15)20-14-6-4-3-5-7-14/h8-12,14H,3-7H2,1-2H3,(H,20,23)(H,21,24). The number of ether oxygens (including phenoxy) is 1. The van der Waals surface area contributed by atoms with Crippen molar-refractivity contribution in [2.75, 3.05) is 17.7 Å². The van der Waals surface area contributed by atoms with Gasteiger partial charge < -0.3 is 15.4 Å². The SMILES string of the molecule is COc1ccc(C)cc1NC(=O)c1ccc(NC2CCCCC2)nn1. The van der Waals surface area contributed by atoms with E-state index in [-0.39, 0.29) is 11.6 Å². The van der Waals surface area contributed by atoms with Crippen molar-refractivity contribution in [2.45, 2.75) is 45.1 Å². The van der Waals surface area contributed by atoms with E-state index in [1.165, 1.54) is 19.3 Å². The Labute approximate surface area is 148 Å². The van der Waals surface area contributed by atoms with E-state index in [9.17, 15) is 4.79 Å². The van der Waals surface area contributed by atoms with Gasteiger partial charge in [-0.05, 0) is 49.6 Å². The Morgan fingerprint density at radius 1 is 1.12 bits per heavy atom. The normalized spacial score (nSPS) is 14.8. The Kier molecular flexibility index (Phi) is 5.48. The van der Waals surface area contributed by atoms with Gasteiger partial charge in [0.1, 0.15) is 11.6 Å². The molecule has 0 radical (unpaired) electrons. The summed E-state index contributed by atoms with van der Waals surface area (Å²) >= 11 is 0. The van der Waals surface area contributed by atoms with Crippen LogP contribution < -0.4 is 15.4 Å². The van der Waals surface area contributed by atoms with Crippen LogP contribution in [0.15, 0.2) is 30.3 Å². The molecular weight excluding hydrogens is 316 g/mol. The number of aromatic nitrogens is 2. The number of methoxy groups -OCH3 is 1. The van der Waals surface area contributed by atoms with E-state index in [0.717, 1.165) is 24.2 Å². The van der Waals surface area contributed by atoms with Gasteiger partial charge in [-0.25, -0.2) is 0 Å². The summed E-state index contributed by atoms with van der Waals surface area (Å²) in [6, 6.07) is 9.58. The lowest BCUT2D eigenvalue weighted by atomic mass is 9.95. The number of nitrogens with one attached hydrogen (secondary N) is 2. The van der Waals surface area contributed by atoms with Crippen LogP contribution in [-0.4, -0.2) is 29.3 Å². The third-order valence-corrected chi connectivity index (χ3v) is 4.46. The Bertz CT molecular complexity index is 725. The summed E-state index contributed by atoms with van der Waals surface area (Å²) in [6.07, 6.45) is 6.15. The predicted octanol–water partition coefficient (Wildman–Crippen LogP) is 3.79. The van der Waals surface area contributed by atoms with E-state index in [1.807, 2.05) is 31.2 Å². The highest BCUT2D eigenvalue weighted by molar-refractivity contribution is 6.03. The molecule has 0 spiro atoms. The van der Waals surface area contributed by atoms with Crippen LogP contribution >= 0.6 is 0 Å². The second-order valence-electron chi connectivity index (χ2n) is 6.44. The highest BCUT2D eigenvalue weighted by Gasteiger charge is 2.15. The molecule has 0 saturated heterocycles. The summed E-state index contributed by atoms with van der Waals surface area (Å²) in [5.74, 6) is 1.03. The smallest absolute Gasteiger partial charge is 0.276 e. The first kappa shape index (κ1) is 17.2. The first-order valence-corrected chi connectivity index (χ1v) is 8.72. The predicted molar refractivity (Wildman–Crippen MR) is 98.2 cm³/mol. The molecule has 0 unspecified atom stereocenters. The van der Waals surface area contributed by atoms with Crippen LogP contribution in [0.4, 0.5) is 11.5 Å². The van der Waals surface area contributed by atoms with Crippen molar-refractivity contribution in [3.63, 3.8) is 0 Å². The van der Waals surface area contributed by atoms with Crippen molar-refractivity contribution in [1.29, 1.82) is 0 Å². The van der Waals surface area contributed by atoms with Gasteiger partial charge in [0.05, 0.1) is 12.8 Å². The number of nitrogens with zero attached hydrogens (tertiary/aromatic N) is 2. The molecule has 0 aliphatic heterocycles. The molecule has 1 aliphatic rings. The lowest BCUT2D eigenvalue weighted by Gasteiger charge is -2.22. The number of amides is 1. The van der Waals surface area contributed by atoms with Gasteiger partial charge in [0.25, 0.3) is 5.91 Å². The quantitative estimate of drug-likeness (QED) is 0.866. The lowest BCUT2D eigenvalue weighted by Crippen LogP contribution is -2.23. The number of anilines is 2. The molecular formula is C19H24N4O2. The zero-order valence-electron chi connectivity index (χ0n) is 14.7. The Morgan fingerprint density at radius 2 is 1.92 bits per heavy atom. The second kappa shape index (κ2) is 7.96. The number of benzene rings is 1. The van der Waals surface area contributed by atoms with Crippen LogP contribution in [0.5, 0.6) is 5.75 Å². The third kappa shape index (κ3) is 4.47. The average Bonchev–Trinajstić information content (AvgIpc) is 2.63. The minimum Gasteiger partial charge on any atom is -0.495 e. The maximum atomic E-state index is 12.4. The molecule has 2 N–H and O–H groups in total. The molecule has 1 heterocycles. The molecule has 1 amide bonds. The fourth-order valence-electron chi connectivity index (χ4n) is 3.09. The van der Waals surface area contributed by atoms with Crippen molar-refractivity contribution >= 4 is 17.4 Å². The molecule has 1 saturated carbocycles. The molecule has 6 nitrogen and oxygen atoms in total. The van der Waals surface area contributed by atoms with Crippen LogP contribution in [0.25, 0.3) is 0 Å². The number of rotatable bonds is 5. The summed E-state index contributed by atoms with van der Waals surface area (Å²) < 4.78 is 5.28. The molecule has 1 fully saturated rings. The second-order valence-corrected chi connectivity index (χ2v) is 6.44. The topological polar surface area (TPSA) is 76.1 Å². The number of hydrogen-bond donors (Lipinski definition) is 2. The van der Waals surface area contributed by atoms with Crippen molar-refractivity contribution < 1.29 is 9.53 Å². The fraction of sp³-hybridized carbons (Fsp3) is 0.421. The summed E-state index contributed by atoms with van der Waals surface area (Å²) in [4.78, 5) is 12.4. The van der Waals surface area contributed by atoms with Crippen LogP contribution in [0.3, 0.4) is 0 Å². The maximum Gasteiger partial charge on any atom is 0.276 e. The van der Waals surface area contributed by atoms with Gasteiger partial charge in [0, 0.05) is 6.04 Å². The van der Waals surface area contributed by atoms with Gasteiger partial charge in [-0.2, -0.15) is 0 Å². The summed E-state index contributed by atoms with van der Waals surface area (Å²) in [5.41, 5.74) is 1.94. The van der Waals surface area contributed by atoms with Crippen LogP contribution in [-0.2, 0) is 0 Å². The van der Waals surface area contributed by atoms with E-state index in [1.54, 1.807) is 13.2 Å². The molecule has 0 atom stereocenters. The molecule has 1 aromatic heterocycles. The van der Waals surface area contributed by atoms with Crippen LogP contribution in [0.2, 0.25) is 0 Å². The van der Waals surface area contributed by atoms with Gasteiger partial charge in [-0.3, -0.25) is 4.79 Å². The van der Waals surface area contributed by atoms with Crippen LogP contribution in [0.1, 0.15) is 48.2 Å². The highest BCUT2D eigenvalue weighted by atomic mass is 16.5. The van der Waals surface area contributed by atoms with Crippen LogP contribution in [0, 0.1) is 6.92 Å². The summed E-state index contributed by atoms with van der Waals surface area (Å²) in [6.45, 7) is 1.96. The van der Waals surface area contributed by atoms with Crippen molar-refractivity contribution in [2.24, 2.45) is 0 Å². The molecule has 3 rings (SSSR count). The van der Waals surface area contributed by atoms with Crippen molar-refractivity contribution in [3.05, 3.63) is 41.6 Å². The van der Waals surface area contributed by atoms with Crippen molar-refractivity contribution in [1.82, 2.24) is 10.2 Å². The lowest BCUT2D eigenvalue weighted by molar-refractivity contribution is 0.102. The summed E-state index contributed by atoms with van der Waals surface area (Å²) in [7, 11) is 1.58. The molecule has 132 valence electrons. The first-order chi connectivity index (χ1) is 12.2. The number of carbonyl (C=O) groups excluding carboxylic acids is 1. The van der Waals surface area contributed by atoms with Gasteiger partial charge in [0.15, 0.2) is 5.69 Å². The zero-order chi connectivity index (χ0) is 17.6. The molecule has 25 heavy (non-hydrogen) atoms. The van der Waals surface area contributed by atoms with E-state index in [0.29, 0.717) is 17.5 Å². The van der Waals surface area contributed by atoms with Gasteiger partial charge in [-0.1, -0.05) is 25.3 Å². The zero-order valence-corrected chi connectivity index (χ0v) is 14.7. The van der Waals surface area contributed by atoms with E-state index in [4.69, 9.17) is 4.74 Å². The Hall–Kier alpha value is -2.63. The van der Waals surface area contributed by atoms with E-state index in [2.05, 4.69) is 20.8 Å². The minimum absolute atomic E-state index is 0.276. The average molecular weight is 340 g/mol. The Balaban J connectivity index is 1.65. The van der Waals surface area contributed by atoms with Gasteiger partial charge in [-0.15, -0.1) is 10.2 Å². The molecule has 1 aliphatic carbocycles. The Morgan fingerprint density at radius 3 is 2.60 bits per heavy atom. The number of carbonyl (C=O) groups is 1. The highest BCUT2D eigenvalue weighted by Crippen LogP contribution is 2.25.